The summed E-state index contributed by atoms with van der Waals surface area (Å²) in [6.07, 6.45) is -5.33. The van der Waals surface area contributed by atoms with Crippen molar-refractivity contribution in [3.63, 3.8) is 0 Å². The van der Waals surface area contributed by atoms with Crippen LogP contribution >= 0.6 is 0 Å². The maximum atomic E-state index is 11.8. The third kappa shape index (κ3) is 4.86. The Bertz CT molecular complexity index is 365. The van der Waals surface area contributed by atoms with E-state index in [1.807, 2.05) is 0 Å². The average molecular weight is 246 g/mol. The summed E-state index contributed by atoms with van der Waals surface area (Å²) < 4.78 is 35.5. The van der Waals surface area contributed by atoms with Crippen LogP contribution in [-0.4, -0.2) is 18.6 Å². The van der Waals surface area contributed by atoms with Gasteiger partial charge in [-0.05, 0) is 5.56 Å². The quantitative estimate of drug-likeness (QED) is 0.850. The first kappa shape index (κ1) is 13.5. The van der Waals surface area contributed by atoms with Crippen molar-refractivity contribution < 1.29 is 18.0 Å². The van der Waals surface area contributed by atoms with Crippen LogP contribution in [0.15, 0.2) is 30.3 Å². The lowest BCUT2D eigenvalue weighted by molar-refractivity contribution is -0.135. The largest absolute Gasteiger partial charge is 0.390 e. The number of carbonyl (C=O) groups excluding carboxylic acids is 1. The van der Waals surface area contributed by atoms with E-state index in [1.54, 1.807) is 30.3 Å². The van der Waals surface area contributed by atoms with Crippen LogP contribution in [0, 0.1) is 0 Å². The Morgan fingerprint density at radius 3 is 2.41 bits per heavy atom. The molecular formula is C11H13F3N2O. The van der Waals surface area contributed by atoms with Crippen LogP contribution in [0.4, 0.5) is 13.2 Å². The maximum absolute atomic E-state index is 11.8. The lowest BCUT2D eigenvalue weighted by Gasteiger charge is -2.13. The van der Waals surface area contributed by atoms with Crippen LogP contribution < -0.4 is 11.1 Å². The van der Waals surface area contributed by atoms with E-state index in [2.05, 4.69) is 5.32 Å². The van der Waals surface area contributed by atoms with Gasteiger partial charge in [0.05, 0.1) is 6.42 Å². The van der Waals surface area contributed by atoms with Crippen LogP contribution in [-0.2, 0) is 4.79 Å². The van der Waals surface area contributed by atoms with Gasteiger partial charge >= 0.3 is 6.18 Å². The van der Waals surface area contributed by atoms with Crippen molar-refractivity contribution in [2.45, 2.75) is 18.6 Å². The number of alkyl halides is 3. The van der Waals surface area contributed by atoms with Crippen molar-refractivity contribution in [2.24, 2.45) is 5.73 Å². The molecular weight excluding hydrogens is 233 g/mol. The lowest BCUT2D eigenvalue weighted by atomic mass is 10.1. The molecule has 1 amide bonds. The van der Waals surface area contributed by atoms with Gasteiger partial charge in [-0.3, -0.25) is 4.79 Å². The number of benzene rings is 1. The lowest BCUT2D eigenvalue weighted by Crippen LogP contribution is -2.35. The van der Waals surface area contributed by atoms with Gasteiger partial charge < -0.3 is 11.1 Å². The number of hydrogen-bond acceptors (Lipinski definition) is 2. The number of nitrogens with one attached hydrogen (secondary N) is 1. The molecule has 1 aromatic carbocycles. The fraction of sp³-hybridized carbons (Fsp3) is 0.364. The van der Waals surface area contributed by atoms with Crippen molar-refractivity contribution in [2.75, 3.05) is 6.54 Å². The third-order valence-electron chi connectivity index (χ3n) is 2.15. The van der Waals surface area contributed by atoms with Crippen molar-refractivity contribution >= 4 is 5.91 Å². The van der Waals surface area contributed by atoms with Gasteiger partial charge in [-0.15, -0.1) is 0 Å². The predicted molar refractivity (Wildman–Crippen MR) is 57.1 cm³/mol. The molecule has 6 heteroatoms. The minimum atomic E-state index is -4.27. The summed E-state index contributed by atoms with van der Waals surface area (Å²) in [4.78, 5) is 11.4. The molecule has 1 rings (SSSR count). The van der Waals surface area contributed by atoms with Gasteiger partial charge in [-0.2, -0.15) is 13.2 Å². The Labute approximate surface area is 96.8 Å². The van der Waals surface area contributed by atoms with Gasteiger partial charge in [-0.1, -0.05) is 30.3 Å². The number of hydrogen-bond donors (Lipinski definition) is 2. The van der Waals surface area contributed by atoms with Crippen LogP contribution in [0.25, 0.3) is 0 Å². The molecule has 0 bridgehead atoms. The van der Waals surface area contributed by atoms with Crippen molar-refractivity contribution in [3.05, 3.63) is 35.9 Å². The van der Waals surface area contributed by atoms with Gasteiger partial charge in [0.1, 0.15) is 6.04 Å². The molecule has 0 aliphatic rings. The Morgan fingerprint density at radius 1 is 1.29 bits per heavy atom. The maximum Gasteiger partial charge on any atom is 0.390 e. The van der Waals surface area contributed by atoms with E-state index in [0.29, 0.717) is 5.56 Å². The molecule has 0 aliphatic carbocycles. The molecule has 0 spiro atoms. The smallest absolute Gasteiger partial charge is 0.354 e. The second-order valence-electron chi connectivity index (χ2n) is 3.54. The molecule has 0 aliphatic heterocycles. The fourth-order valence-corrected chi connectivity index (χ4v) is 1.25. The second kappa shape index (κ2) is 5.67. The van der Waals surface area contributed by atoms with E-state index in [0.717, 1.165) is 0 Å². The number of rotatable bonds is 4. The van der Waals surface area contributed by atoms with Crippen molar-refractivity contribution in [1.82, 2.24) is 5.32 Å². The van der Waals surface area contributed by atoms with E-state index in [4.69, 9.17) is 5.73 Å². The Morgan fingerprint density at radius 2 is 1.88 bits per heavy atom. The SMILES string of the molecule is NC(C(=O)NCCC(F)(F)F)c1ccccc1. The molecule has 0 radical (unpaired) electrons. The summed E-state index contributed by atoms with van der Waals surface area (Å²) in [5.74, 6) is -0.611. The summed E-state index contributed by atoms with van der Waals surface area (Å²) in [7, 11) is 0. The first-order valence-corrected chi connectivity index (χ1v) is 5.05. The van der Waals surface area contributed by atoms with E-state index in [9.17, 15) is 18.0 Å². The molecule has 0 fully saturated rings. The van der Waals surface area contributed by atoms with E-state index in [-0.39, 0.29) is 0 Å². The Balaban J connectivity index is 2.43. The molecule has 1 unspecified atom stereocenters. The molecule has 1 aromatic rings. The van der Waals surface area contributed by atoms with Gasteiger partial charge in [0.25, 0.3) is 0 Å². The molecule has 0 saturated carbocycles. The normalized spacial score (nSPS) is 13.2. The van der Waals surface area contributed by atoms with Gasteiger partial charge in [0.15, 0.2) is 0 Å². The fourth-order valence-electron chi connectivity index (χ4n) is 1.25. The molecule has 17 heavy (non-hydrogen) atoms. The number of halogens is 3. The van der Waals surface area contributed by atoms with Crippen LogP contribution in [0.1, 0.15) is 18.0 Å². The first-order chi connectivity index (χ1) is 7.90. The zero-order chi connectivity index (χ0) is 12.9. The summed E-state index contributed by atoms with van der Waals surface area (Å²) in [6.45, 7) is -0.455. The summed E-state index contributed by atoms with van der Waals surface area (Å²) in [5, 5.41) is 2.15. The minimum Gasteiger partial charge on any atom is -0.354 e. The number of amides is 1. The molecule has 0 saturated heterocycles. The zero-order valence-corrected chi connectivity index (χ0v) is 9.00. The highest BCUT2D eigenvalue weighted by atomic mass is 19.4. The zero-order valence-electron chi connectivity index (χ0n) is 9.00. The minimum absolute atomic E-state index is 0.455. The van der Waals surface area contributed by atoms with Crippen LogP contribution in [0.2, 0.25) is 0 Å². The second-order valence-corrected chi connectivity index (χ2v) is 3.54. The number of carbonyl (C=O) groups is 1. The standard InChI is InChI=1S/C11H13F3N2O/c12-11(13,14)6-7-16-10(17)9(15)8-4-2-1-3-5-8/h1-5,9H,6-7,15H2,(H,16,17). The molecule has 3 nitrogen and oxygen atoms in total. The van der Waals surface area contributed by atoms with Crippen molar-refractivity contribution in [3.8, 4) is 0 Å². The first-order valence-electron chi connectivity index (χ1n) is 5.05. The third-order valence-corrected chi connectivity index (χ3v) is 2.15. The molecule has 1 atom stereocenters. The van der Waals surface area contributed by atoms with E-state index in [1.165, 1.54) is 0 Å². The Hall–Kier alpha value is -1.56. The number of nitrogens with two attached hydrogens (primary N) is 1. The van der Waals surface area contributed by atoms with E-state index >= 15 is 0 Å². The summed E-state index contributed by atoms with van der Waals surface area (Å²) in [5.41, 5.74) is 6.16. The molecule has 94 valence electrons. The van der Waals surface area contributed by atoms with Crippen LogP contribution in [0.3, 0.4) is 0 Å². The van der Waals surface area contributed by atoms with Gasteiger partial charge in [0, 0.05) is 6.54 Å². The highest BCUT2D eigenvalue weighted by Crippen LogP contribution is 2.18. The molecule has 0 aromatic heterocycles. The van der Waals surface area contributed by atoms with Gasteiger partial charge in [0.2, 0.25) is 5.91 Å². The molecule has 3 N–H and O–H groups in total. The predicted octanol–water partition coefficient (Wildman–Crippen LogP) is 1.75. The van der Waals surface area contributed by atoms with Crippen molar-refractivity contribution in [1.29, 1.82) is 0 Å². The average Bonchev–Trinajstić information content (AvgIpc) is 2.27. The summed E-state index contributed by atoms with van der Waals surface area (Å²) >= 11 is 0. The topological polar surface area (TPSA) is 55.1 Å². The molecule has 0 heterocycles. The highest BCUT2D eigenvalue weighted by Gasteiger charge is 2.27. The Kier molecular flexibility index (Phi) is 4.51. The monoisotopic (exact) mass is 246 g/mol. The summed E-state index contributed by atoms with van der Waals surface area (Å²) in [6, 6.07) is 7.53. The highest BCUT2D eigenvalue weighted by molar-refractivity contribution is 5.82. The van der Waals surface area contributed by atoms with Gasteiger partial charge in [-0.25, -0.2) is 0 Å². The van der Waals surface area contributed by atoms with Crippen LogP contribution in [0.5, 0.6) is 0 Å². The van der Waals surface area contributed by atoms with E-state index < -0.39 is 31.1 Å².